The molecule has 106 valence electrons. The van der Waals surface area contributed by atoms with Crippen LogP contribution in [0.4, 0.5) is 5.69 Å². The molecular weight excluding hydrogens is 250 g/mol. The van der Waals surface area contributed by atoms with E-state index in [0.29, 0.717) is 5.75 Å². The van der Waals surface area contributed by atoms with Gasteiger partial charge in [0.25, 0.3) is 0 Å². The van der Waals surface area contributed by atoms with Gasteiger partial charge in [-0.05, 0) is 55.2 Å². The molecule has 0 heterocycles. The summed E-state index contributed by atoms with van der Waals surface area (Å²) in [6.07, 6.45) is 0. The minimum absolute atomic E-state index is 0.317. The molecular formula is C17H21NO2. The van der Waals surface area contributed by atoms with Crippen LogP contribution in [0.2, 0.25) is 0 Å². The standard InChI is InChI=1S/C17H21NO2/c1-11-5-7-15(9-16(11)19)18-10-14-6-8-17(20-4)13(3)12(14)2/h5-9,18-19H,10H2,1-4H3. The molecule has 2 aromatic carbocycles. The molecule has 2 N–H and O–H groups in total. The minimum Gasteiger partial charge on any atom is -0.508 e. The number of nitrogens with one attached hydrogen (secondary N) is 1. The zero-order valence-corrected chi connectivity index (χ0v) is 12.4. The van der Waals surface area contributed by atoms with Gasteiger partial charge in [0.15, 0.2) is 0 Å². The van der Waals surface area contributed by atoms with Crippen LogP contribution < -0.4 is 10.1 Å². The van der Waals surface area contributed by atoms with E-state index in [9.17, 15) is 5.11 Å². The zero-order chi connectivity index (χ0) is 14.7. The Morgan fingerprint density at radius 1 is 1.05 bits per heavy atom. The second kappa shape index (κ2) is 5.87. The highest BCUT2D eigenvalue weighted by Gasteiger charge is 2.06. The molecule has 20 heavy (non-hydrogen) atoms. The summed E-state index contributed by atoms with van der Waals surface area (Å²) in [4.78, 5) is 0. The molecule has 0 fully saturated rings. The highest BCUT2D eigenvalue weighted by molar-refractivity contribution is 5.52. The fraction of sp³-hybridized carbons (Fsp3) is 0.294. The maximum atomic E-state index is 9.71. The fourth-order valence-electron chi connectivity index (χ4n) is 2.18. The first-order valence-corrected chi connectivity index (χ1v) is 6.69. The molecule has 0 aromatic heterocycles. The number of phenolic OH excluding ortho intramolecular Hbond substituents is 1. The predicted octanol–water partition coefficient (Wildman–Crippen LogP) is 3.94. The number of anilines is 1. The SMILES string of the molecule is COc1ccc(CNc2ccc(C)c(O)c2)c(C)c1C. The maximum Gasteiger partial charge on any atom is 0.122 e. The number of hydrogen-bond donors (Lipinski definition) is 2. The first-order chi connectivity index (χ1) is 9.52. The van der Waals surface area contributed by atoms with Gasteiger partial charge in [0, 0.05) is 18.3 Å². The number of phenols is 1. The molecule has 2 rings (SSSR count). The highest BCUT2D eigenvalue weighted by Crippen LogP contribution is 2.25. The summed E-state index contributed by atoms with van der Waals surface area (Å²) in [5.74, 6) is 1.23. The van der Waals surface area contributed by atoms with E-state index in [2.05, 4.69) is 25.2 Å². The van der Waals surface area contributed by atoms with Crippen LogP contribution in [0.3, 0.4) is 0 Å². The Morgan fingerprint density at radius 3 is 2.45 bits per heavy atom. The van der Waals surface area contributed by atoms with Crippen LogP contribution in [0.1, 0.15) is 22.3 Å². The van der Waals surface area contributed by atoms with E-state index in [1.807, 2.05) is 25.1 Å². The van der Waals surface area contributed by atoms with Crippen molar-refractivity contribution in [3.8, 4) is 11.5 Å². The van der Waals surface area contributed by atoms with Crippen molar-refractivity contribution in [1.82, 2.24) is 0 Å². The molecule has 0 saturated heterocycles. The number of rotatable bonds is 4. The number of hydrogen-bond acceptors (Lipinski definition) is 3. The Bertz CT molecular complexity index is 621. The number of ether oxygens (including phenoxy) is 1. The summed E-state index contributed by atoms with van der Waals surface area (Å²) in [5.41, 5.74) is 5.42. The van der Waals surface area contributed by atoms with Gasteiger partial charge in [-0.25, -0.2) is 0 Å². The van der Waals surface area contributed by atoms with E-state index in [-0.39, 0.29) is 0 Å². The first-order valence-electron chi connectivity index (χ1n) is 6.69. The Labute approximate surface area is 120 Å². The largest absolute Gasteiger partial charge is 0.508 e. The molecule has 0 atom stereocenters. The molecule has 0 aliphatic heterocycles. The van der Waals surface area contributed by atoms with Gasteiger partial charge in [0.2, 0.25) is 0 Å². The molecule has 3 nitrogen and oxygen atoms in total. The van der Waals surface area contributed by atoms with Crippen LogP contribution in [-0.2, 0) is 6.54 Å². The van der Waals surface area contributed by atoms with E-state index in [0.717, 1.165) is 23.5 Å². The lowest BCUT2D eigenvalue weighted by Gasteiger charge is -2.14. The number of aryl methyl sites for hydroxylation is 1. The molecule has 0 aliphatic carbocycles. The molecule has 0 amide bonds. The Morgan fingerprint density at radius 2 is 1.80 bits per heavy atom. The number of methoxy groups -OCH3 is 1. The average molecular weight is 271 g/mol. The molecule has 2 aromatic rings. The zero-order valence-electron chi connectivity index (χ0n) is 12.4. The lowest BCUT2D eigenvalue weighted by molar-refractivity contribution is 0.411. The molecule has 0 saturated carbocycles. The fourth-order valence-corrected chi connectivity index (χ4v) is 2.18. The van der Waals surface area contributed by atoms with Crippen LogP contribution >= 0.6 is 0 Å². The van der Waals surface area contributed by atoms with Crippen LogP contribution in [0.25, 0.3) is 0 Å². The maximum absolute atomic E-state index is 9.71. The quantitative estimate of drug-likeness (QED) is 0.885. The lowest BCUT2D eigenvalue weighted by atomic mass is 10.0. The van der Waals surface area contributed by atoms with Crippen molar-refractivity contribution in [3.63, 3.8) is 0 Å². The summed E-state index contributed by atoms with van der Waals surface area (Å²) in [7, 11) is 1.69. The highest BCUT2D eigenvalue weighted by atomic mass is 16.5. The van der Waals surface area contributed by atoms with Crippen molar-refractivity contribution < 1.29 is 9.84 Å². The monoisotopic (exact) mass is 271 g/mol. The molecule has 0 bridgehead atoms. The summed E-state index contributed by atoms with van der Waals surface area (Å²) in [6.45, 7) is 6.77. The van der Waals surface area contributed by atoms with E-state index in [1.165, 1.54) is 16.7 Å². The summed E-state index contributed by atoms with van der Waals surface area (Å²) in [5, 5.41) is 13.0. The third kappa shape index (κ3) is 2.87. The van der Waals surface area contributed by atoms with Crippen LogP contribution in [0.15, 0.2) is 30.3 Å². The molecule has 3 heteroatoms. The van der Waals surface area contributed by atoms with Crippen molar-refractivity contribution in [2.45, 2.75) is 27.3 Å². The topological polar surface area (TPSA) is 41.5 Å². The van der Waals surface area contributed by atoms with Gasteiger partial charge in [0.1, 0.15) is 11.5 Å². The lowest BCUT2D eigenvalue weighted by Crippen LogP contribution is -2.03. The minimum atomic E-state index is 0.317. The van der Waals surface area contributed by atoms with Gasteiger partial charge in [-0.2, -0.15) is 0 Å². The van der Waals surface area contributed by atoms with E-state index >= 15 is 0 Å². The van der Waals surface area contributed by atoms with Crippen LogP contribution in [-0.4, -0.2) is 12.2 Å². The van der Waals surface area contributed by atoms with Gasteiger partial charge in [-0.1, -0.05) is 12.1 Å². The van der Waals surface area contributed by atoms with Gasteiger partial charge < -0.3 is 15.2 Å². The summed E-state index contributed by atoms with van der Waals surface area (Å²) in [6, 6.07) is 9.69. The van der Waals surface area contributed by atoms with Crippen LogP contribution in [0, 0.1) is 20.8 Å². The normalized spacial score (nSPS) is 10.4. The summed E-state index contributed by atoms with van der Waals surface area (Å²) >= 11 is 0. The molecule has 0 radical (unpaired) electrons. The van der Waals surface area contributed by atoms with Crippen molar-refractivity contribution in [3.05, 3.63) is 52.6 Å². The van der Waals surface area contributed by atoms with E-state index < -0.39 is 0 Å². The Kier molecular flexibility index (Phi) is 4.18. The van der Waals surface area contributed by atoms with Gasteiger partial charge in [-0.15, -0.1) is 0 Å². The average Bonchev–Trinajstić information content (AvgIpc) is 2.44. The Balaban J connectivity index is 2.15. The van der Waals surface area contributed by atoms with Crippen molar-refractivity contribution in [1.29, 1.82) is 0 Å². The number of aromatic hydroxyl groups is 1. The van der Waals surface area contributed by atoms with E-state index in [1.54, 1.807) is 13.2 Å². The molecule has 0 unspecified atom stereocenters. The third-order valence-corrected chi connectivity index (χ3v) is 3.76. The Hall–Kier alpha value is -2.16. The smallest absolute Gasteiger partial charge is 0.122 e. The second-order valence-electron chi connectivity index (χ2n) is 5.03. The first kappa shape index (κ1) is 14.3. The van der Waals surface area contributed by atoms with Crippen molar-refractivity contribution in [2.75, 3.05) is 12.4 Å². The predicted molar refractivity (Wildman–Crippen MR) is 82.6 cm³/mol. The van der Waals surface area contributed by atoms with Crippen molar-refractivity contribution in [2.24, 2.45) is 0 Å². The summed E-state index contributed by atoms with van der Waals surface area (Å²) < 4.78 is 5.32. The van der Waals surface area contributed by atoms with Crippen LogP contribution in [0.5, 0.6) is 11.5 Å². The molecule has 0 aliphatic rings. The molecule has 0 spiro atoms. The number of benzene rings is 2. The van der Waals surface area contributed by atoms with Gasteiger partial charge in [0.05, 0.1) is 7.11 Å². The van der Waals surface area contributed by atoms with E-state index in [4.69, 9.17) is 4.74 Å². The van der Waals surface area contributed by atoms with Gasteiger partial charge >= 0.3 is 0 Å². The second-order valence-corrected chi connectivity index (χ2v) is 5.03. The van der Waals surface area contributed by atoms with Gasteiger partial charge in [-0.3, -0.25) is 0 Å². The van der Waals surface area contributed by atoms with Crippen molar-refractivity contribution >= 4 is 5.69 Å². The third-order valence-electron chi connectivity index (χ3n) is 3.76.